The zero-order chi connectivity index (χ0) is 14.4. The van der Waals surface area contributed by atoms with Gasteiger partial charge in [-0.1, -0.05) is 28.1 Å². The third kappa shape index (κ3) is 2.17. The van der Waals surface area contributed by atoms with Gasteiger partial charge in [-0.15, -0.1) is 0 Å². The second-order valence-electron chi connectivity index (χ2n) is 5.38. The SMILES string of the molecule is O=c1[nH]c2ccc(NC3CCc4c(Br)cccc43)cc2[nH]1. The molecule has 0 saturated heterocycles. The Balaban J connectivity index is 1.67. The molecule has 0 fully saturated rings. The van der Waals surface area contributed by atoms with Crippen molar-refractivity contribution in [1.29, 1.82) is 0 Å². The van der Waals surface area contributed by atoms with Gasteiger partial charge in [0, 0.05) is 10.2 Å². The van der Waals surface area contributed by atoms with E-state index in [0.717, 1.165) is 29.6 Å². The van der Waals surface area contributed by atoms with Crippen molar-refractivity contribution in [3.05, 3.63) is 62.5 Å². The van der Waals surface area contributed by atoms with Gasteiger partial charge in [0.05, 0.1) is 17.1 Å². The molecule has 3 N–H and O–H groups in total. The number of aromatic nitrogens is 2. The van der Waals surface area contributed by atoms with Gasteiger partial charge in [-0.3, -0.25) is 0 Å². The molecule has 1 aromatic heterocycles. The molecule has 1 unspecified atom stereocenters. The molecule has 0 bridgehead atoms. The monoisotopic (exact) mass is 343 g/mol. The lowest BCUT2D eigenvalue weighted by Gasteiger charge is -2.15. The molecule has 1 heterocycles. The highest BCUT2D eigenvalue weighted by atomic mass is 79.9. The molecule has 21 heavy (non-hydrogen) atoms. The van der Waals surface area contributed by atoms with E-state index in [0.29, 0.717) is 6.04 Å². The van der Waals surface area contributed by atoms with E-state index >= 15 is 0 Å². The number of hydrogen-bond acceptors (Lipinski definition) is 2. The topological polar surface area (TPSA) is 60.7 Å². The quantitative estimate of drug-likeness (QED) is 0.664. The lowest BCUT2D eigenvalue weighted by atomic mass is 10.1. The first-order valence-corrected chi connectivity index (χ1v) is 7.76. The van der Waals surface area contributed by atoms with E-state index in [1.54, 1.807) is 0 Å². The lowest BCUT2D eigenvalue weighted by Crippen LogP contribution is -2.06. The van der Waals surface area contributed by atoms with Crippen molar-refractivity contribution in [3.63, 3.8) is 0 Å². The van der Waals surface area contributed by atoms with Gasteiger partial charge in [-0.2, -0.15) is 0 Å². The molecule has 0 spiro atoms. The minimum absolute atomic E-state index is 0.169. The maximum Gasteiger partial charge on any atom is 0.323 e. The Labute approximate surface area is 129 Å². The number of H-pyrrole nitrogens is 2. The maximum absolute atomic E-state index is 11.3. The Morgan fingerprint density at radius 1 is 1.14 bits per heavy atom. The lowest BCUT2D eigenvalue weighted by molar-refractivity contribution is 0.762. The van der Waals surface area contributed by atoms with Crippen LogP contribution in [0, 0.1) is 0 Å². The molecule has 106 valence electrons. The Morgan fingerprint density at radius 3 is 2.90 bits per heavy atom. The van der Waals surface area contributed by atoms with Gasteiger partial charge in [0.2, 0.25) is 0 Å². The molecule has 0 radical (unpaired) electrons. The Morgan fingerprint density at radius 2 is 2.00 bits per heavy atom. The van der Waals surface area contributed by atoms with E-state index in [4.69, 9.17) is 0 Å². The summed E-state index contributed by atoms with van der Waals surface area (Å²) in [6, 6.07) is 12.6. The van der Waals surface area contributed by atoms with Gasteiger partial charge in [0.25, 0.3) is 0 Å². The van der Waals surface area contributed by atoms with Crippen LogP contribution in [0.25, 0.3) is 11.0 Å². The molecule has 0 aliphatic heterocycles. The Hall–Kier alpha value is -2.01. The molecule has 2 aromatic carbocycles. The number of hydrogen-bond donors (Lipinski definition) is 3. The van der Waals surface area contributed by atoms with Crippen LogP contribution < -0.4 is 11.0 Å². The van der Waals surface area contributed by atoms with Crippen molar-refractivity contribution in [2.24, 2.45) is 0 Å². The third-order valence-electron chi connectivity index (χ3n) is 4.07. The van der Waals surface area contributed by atoms with Crippen molar-refractivity contribution in [2.45, 2.75) is 18.9 Å². The summed E-state index contributed by atoms with van der Waals surface area (Å²) >= 11 is 3.62. The number of halogens is 1. The summed E-state index contributed by atoms with van der Waals surface area (Å²) in [5.41, 5.74) is 5.27. The molecule has 5 heteroatoms. The minimum Gasteiger partial charge on any atom is -0.378 e. The van der Waals surface area contributed by atoms with Crippen LogP contribution in [0.4, 0.5) is 5.69 Å². The zero-order valence-electron chi connectivity index (χ0n) is 11.2. The number of nitrogens with one attached hydrogen (secondary N) is 3. The van der Waals surface area contributed by atoms with Gasteiger partial charge in [0.1, 0.15) is 0 Å². The van der Waals surface area contributed by atoms with Crippen LogP contribution in [0.5, 0.6) is 0 Å². The van der Waals surface area contributed by atoms with E-state index in [1.165, 1.54) is 15.6 Å². The highest BCUT2D eigenvalue weighted by molar-refractivity contribution is 9.10. The van der Waals surface area contributed by atoms with Gasteiger partial charge >= 0.3 is 5.69 Å². The first-order chi connectivity index (χ1) is 10.2. The van der Waals surface area contributed by atoms with Crippen LogP contribution in [0.2, 0.25) is 0 Å². The number of aromatic amines is 2. The predicted molar refractivity (Wildman–Crippen MR) is 87.7 cm³/mol. The van der Waals surface area contributed by atoms with Crippen LogP contribution >= 0.6 is 15.9 Å². The standard InChI is InChI=1S/C16H14BrN3O/c17-12-3-1-2-11-10(12)5-7-13(11)18-9-4-6-14-15(8-9)20-16(21)19-14/h1-4,6,8,13,18H,5,7H2,(H2,19,20,21). The Bertz CT molecular complexity index is 881. The fourth-order valence-electron chi connectivity index (χ4n) is 3.08. The van der Waals surface area contributed by atoms with Crippen molar-refractivity contribution in [3.8, 4) is 0 Å². The normalized spacial score (nSPS) is 17.1. The van der Waals surface area contributed by atoms with E-state index in [2.05, 4.69) is 49.4 Å². The number of benzene rings is 2. The van der Waals surface area contributed by atoms with E-state index < -0.39 is 0 Å². The second kappa shape index (κ2) is 4.77. The number of fused-ring (bicyclic) bond motifs is 2. The highest BCUT2D eigenvalue weighted by Gasteiger charge is 2.23. The van der Waals surface area contributed by atoms with Crippen molar-refractivity contribution in [2.75, 3.05) is 5.32 Å². The van der Waals surface area contributed by atoms with Crippen LogP contribution in [-0.2, 0) is 6.42 Å². The summed E-state index contributed by atoms with van der Waals surface area (Å²) in [5.74, 6) is 0. The molecule has 1 atom stereocenters. The van der Waals surface area contributed by atoms with E-state index in [1.807, 2.05) is 18.2 Å². The van der Waals surface area contributed by atoms with Crippen molar-refractivity contribution in [1.82, 2.24) is 9.97 Å². The van der Waals surface area contributed by atoms with E-state index in [9.17, 15) is 4.79 Å². The minimum atomic E-state index is -0.169. The van der Waals surface area contributed by atoms with Gasteiger partial charge in [-0.05, 0) is 48.2 Å². The number of anilines is 1. The fourth-order valence-corrected chi connectivity index (χ4v) is 3.66. The van der Waals surface area contributed by atoms with Gasteiger partial charge in [-0.25, -0.2) is 4.79 Å². The average Bonchev–Trinajstić information content (AvgIpc) is 3.02. The smallest absolute Gasteiger partial charge is 0.323 e. The maximum atomic E-state index is 11.3. The van der Waals surface area contributed by atoms with Crippen molar-refractivity contribution >= 4 is 32.7 Å². The first kappa shape index (κ1) is 12.7. The van der Waals surface area contributed by atoms with Crippen LogP contribution in [0.1, 0.15) is 23.6 Å². The van der Waals surface area contributed by atoms with Gasteiger partial charge in [0.15, 0.2) is 0 Å². The highest BCUT2D eigenvalue weighted by Crippen LogP contribution is 2.37. The van der Waals surface area contributed by atoms with Crippen molar-refractivity contribution < 1.29 is 0 Å². The third-order valence-corrected chi connectivity index (χ3v) is 4.81. The zero-order valence-corrected chi connectivity index (χ0v) is 12.8. The molecule has 0 amide bonds. The molecule has 3 aromatic rings. The fraction of sp³-hybridized carbons (Fsp3) is 0.188. The van der Waals surface area contributed by atoms with Crippen LogP contribution in [-0.4, -0.2) is 9.97 Å². The number of rotatable bonds is 2. The Kier molecular flexibility index (Phi) is 2.89. The molecule has 4 rings (SSSR count). The number of imidazole rings is 1. The van der Waals surface area contributed by atoms with E-state index in [-0.39, 0.29) is 5.69 Å². The summed E-state index contributed by atoms with van der Waals surface area (Å²) in [6.45, 7) is 0. The summed E-state index contributed by atoms with van der Waals surface area (Å²) in [4.78, 5) is 16.9. The molecule has 1 aliphatic rings. The summed E-state index contributed by atoms with van der Waals surface area (Å²) in [5, 5.41) is 3.57. The largest absolute Gasteiger partial charge is 0.378 e. The van der Waals surface area contributed by atoms with Crippen LogP contribution in [0.15, 0.2) is 45.7 Å². The van der Waals surface area contributed by atoms with Crippen LogP contribution in [0.3, 0.4) is 0 Å². The van der Waals surface area contributed by atoms with Gasteiger partial charge < -0.3 is 15.3 Å². The summed E-state index contributed by atoms with van der Waals surface area (Å²) < 4.78 is 1.19. The molecular weight excluding hydrogens is 330 g/mol. The summed E-state index contributed by atoms with van der Waals surface area (Å²) in [6.07, 6.45) is 2.16. The average molecular weight is 344 g/mol. The first-order valence-electron chi connectivity index (χ1n) is 6.96. The summed E-state index contributed by atoms with van der Waals surface area (Å²) in [7, 11) is 0. The predicted octanol–water partition coefficient (Wildman–Crippen LogP) is 3.72. The molecule has 1 aliphatic carbocycles. The molecule has 0 saturated carbocycles. The molecule has 4 nitrogen and oxygen atoms in total. The second-order valence-corrected chi connectivity index (χ2v) is 6.24. The molecular formula is C16H14BrN3O.